The van der Waals surface area contributed by atoms with Crippen LogP contribution in [0.4, 0.5) is 0 Å². The van der Waals surface area contributed by atoms with Crippen LogP contribution < -0.4 is 10.6 Å². The molecule has 1 aromatic rings. The van der Waals surface area contributed by atoms with Crippen molar-refractivity contribution in [2.45, 2.75) is 46.2 Å². The molecule has 0 radical (unpaired) electrons. The van der Waals surface area contributed by atoms with Gasteiger partial charge in [0.15, 0.2) is 5.96 Å². The van der Waals surface area contributed by atoms with Crippen molar-refractivity contribution in [3.8, 4) is 0 Å². The summed E-state index contributed by atoms with van der Waals surface area (Å²) in [6, 6.07) is 4.90. The highest BCUT2D eigenvalue weighted by molar-refractivity contribution is 6.29. The van der Waals surface area contributed by atoms with Gasteiger partial charge in [0.25, 0.3) is 0 Å². The lowest BCUT2D eigenvalue weighted by molar-refractivity contribution is 0.178. The van der Waals surface area contributed by atoms with Crippen LogP contribution in [-0.4, -0.2) is 54.6 Å². The molecule has 0 bridgehead atoms. The molecule has 130 valence electrons. The van der Waals surface area contributed by atoms with E-state index in [4.69, 9.17) is 11.6 Å². The normalized spacial score (nSPS) is 12.3. The van der Waals surface area contributed by atoms with E-state index in [-0.39, 0.29) is 0 Å². The van der Waals surface area contributed by atoms with Crippen molar-refractivity contribution in [2.24, 2.45) is 4.99 Å². The summed E-state index contributed by atoms with van der Waals surface area (Å²) in [7, 11) is 1.79. The van der Waals surface area contributed by atoms with Crippen molar-refractivity contribution >= 4 is 17.6 Å². The van der Waals surface area contributed by atoms with Gasteiger partial charge >= 0.3 is 0 Å². The van der Waals surface area contributed by atoms with E-state index in [9.17, 15) is 0 Å². The van der Waals surface area contributed by atoms with Gasteiger partial charge in [-0.25, -0.2) is 4.98 Å². The minimum Gasteiger partial charge on any atom is -0.356 e. The average molecular weight is 340 g/mol. The predicted molar refractivity (Wildman–Crippen MR) is 99.3 cm³/mol. The Balaban J connectivity index is 2.30. The van der Waals surface area contributed by atoms with Gasteiger partial charge in [-0.05, 0) is 45.7 Å². The van der Waals surface area contributed by atoms with Crippen LogP contribution in [0.2, 0.25) is 5.15 Å². The molecule has 0 aliphatic carbocycles. The lowest BCUT2D eigenvalue weighted by atomic mass is 10.2. The smallest absolute Gasteiger partial charge is 0.191 e. The number of rotatable bonds is 8. The minimum absolute atomic E-state index is 0.527. The number of guanidine groups is 1. The van der Waals surface area contributed by atoms with Gasteiger partial charge in [0, 0.05) is 45.0 Å². The fourth-order valence-corrected chi connectivity index (χ4v) is 2.63. The number of nitrogens with one attached hydrogen (secondary N) is 2. The highest BCUT2D eigenvalue weighted by Crippen LogP contribution is 2.05. The maximum Gasteiger partial charge on any atom is 0.191 e. The molecule has 0 spiro atoms. The number of hydrogen-bond donors (Lipinski definition) is 2. The fraction of sp³-hybridized carbons (Fsp3) is 0.647. The highest BCUT2D eigenvalue weighted by atomic mass is 35.5. The van der Waals surface area contributed by atoms with Gasteiger partial charge in [-0.2, -0.15) is 0 Å². The standard InChI is InChI=1S/C17H30ClN5/c1-13(2)23(14(3)4)11-10-21-17(19-5)20-9-8-15-6-7-16(18)22-12-15/h6-7,12-14H,8-11H2,1-5H3,(H2,19,20,21). The molecule has 5 nitrogen and oxygen atoms in total. The molecular weight excluding hydrogens is 310 g/mol. The Morgan fingerprint density at radius 1 is 1.17 bits per heavy atom. The molecule has 0 aliphatic heterocycles. The van der Waals surface area contributed by atoms with Crippen LogP contribution in [-0.2, 0) is 6.42 Å². The van der Waals surface area contributed by atoms with Crippen LogP contribution >= 0.6 is 11.6 Å². The minimum atomic E-state index is 0.527. The Bertz CT molecular complexity index is 462. The monoisotopic (exact) mass is 339 g/mol. The molecule has 6 heteroatoms. The molecule has 0 unspecified atom stereocenters. The number of aromatic nitrogens is 1. The van der Waals surface area contributed by atoms with Gasteiger partial charge in [-0.3, -0.25) is 9.89 Å². The highest BCUT2D eigenvalue weighted by Gasteiger charge is 2.12. The molecule has 0 fully saturated rings. The second-order valence-corrected chi connectivity index (χ2v) is 6.48. The first-order valence-electron chi connectivity index (χ1n) is 8.24. The summed E-state index contributed by atoms with van der Waals surface area (Å²) < 4.78 is 0. The molecule has 0 aliphatic rings. The molecule has 0 aromatic carbocycles. The largest absolute Gasteiger partial charge is 0.356 e. The maximum atomic E-state index is 5.79. The van der Waals surface area contributed by atoms with Crippen molar-refractivity contribution in [2.75, 3.05) is 26.7 Å². The first kappa shape index (κ1) is 19.7. The zero-order chi connectivity index (χ0) is 17.2. The SMILES string of the molecule is CN=C(NCCc1ccc(Cl)nc1)NCCN(C(C)C)C(C)C. The summed E-state index contributed by atoms with van der Waals surface area (Å²) in [5.41, 5.74) is 1.16. The lowest BCUT2D eigenvalue weighted by Gasteiger charge is -2.30. The number of nitrogens with zero attached hydrogens (tertiary/aromatic N) is 3. The number of aliphatic imine (C=N–C) groups is 1. The van der Waals surface area contributed by atoms with Crippen molar-refractivity contribution in [1.29, 1.82) is 0 Å². The third kappa shape index (κ3) is 7.66. The second-order valence-electron chi connectivity index (χ2n) is 6.09. The Hall–Kier alpha value is -1.33. The molecule has 1 aromatic heterocycles. The van der Waals surface area contributed by atoms with Crippen LogP contribution in [0.3, 0.4) is 0 Å². The van der Waals surface area contributed by atoms with Crippen LogP contribution in [0.5, 0.6) is 0 Å². The fourth-order valence-electron chi connectivity index (χ4n) is 2.52. The van der Waals surface area contributed by atoms with Gasteiger partial charge in [-0.15, -0.1) is 0 Å². The lowest BCUT2D eigenvalue weighted by Crippen LogP contribution is -2.45. The Kier molecular flexibility index (Phi) is 8.95. The Morgan fingerprint density at radius 2 is 1.83 bits per heavy atom. The Morgan fingerprint density at radius 3 is 2.35 bits per heavy atom. The number of hydrogen-bond acceptors (Lipinski definition) is 3. The van der Waals surface area contributed by atoms with Crippen LogP contribution in [0, 0.1) is 0 Å². The predicted octanol–water partition coefficient (Wildman–Crippen LogP) is 2.56. The van der Waals surface area contributed by atoms with Crippen LogP contribution in [0.15, 0.2) is 23.3 Å². The van der Waals surface area contributed by atoms with E-state index in [0.717, 1.165) is 37.6 Å². The van der Waals surface area contributed by atoms with Crippen LogP contribution in [0.1, 0.15) is 33.3 Å². The van der Waals surface area contributed by atoms with Gasteiger partial charge in [0.1, 0.15) is 5.15 Å². The van der Waals surface area contributed by atoms with Gasteiger partial charge in [-0.1, -0.05) is 17.7 Å². The third-order valence-electron chi connectivity index (χ3n) is 3.71. The zero-order valence-electron chi connectivity index (χ0n) is 14.9. The molecule has 0 saturated heterocycles. The second kappa shape index (κ2) is 10.4. The van der Waals surface area contributed by atoms with Crippen molar-refractivity contribution in [1.82, 2.24) is 20.5 Å². The maximum absolute atomic E-state index is 5.79. The number of pyridine rings is 1. The summed E-state index contributed by atoms with van der Waals surface area (Å²) in [6.45, 7) is 11.6. The molecular formula is C17H30ClN5. The van der Waals surface area contributed by atoms with E-state index in [2.05, 4.69) is 53.2 Å². The summed E-state index contributed by atoms with van der Waals surface area (Å²) >= 11 is 5.79. The first-order chi connectivity index (χ1) is 10.9. The van der Waals surface area contributed by atoms with Crippen LogP contribution in [0.25, 0.3) is 0 Å². The molecule has 2 N–H and O–H groups in total. The molecule has 23 heavy (non-hydrogen) atoms. The molecule has 1 heterocycles. The van der Waals surface area contributed by atoms with Gasteiger partial charge in [0.05, 0.1) is 0 Å². The van der Waals surface area contributed by atoms with E-state index in [1.54, 1.807) is 7.05 Å². The summed E-state index contributed by atoms with van der Waals surface area (Å²) in [5, 5.41) is 7.22. The average Bonchev–Trinajstić information content (AvgIpc) is 2.50. The van der Waals surface area contributed by atoms with E-state index in [1.807, 2.05) is 18.3 Å². The van der Waals surface area contributed by atoms with E-state index >= 15 is 0 Å². The molecule has 0 amide bonds. The Labute approximate surface area is 145 Å². The van der Waals surface area contributed by atoms with E-state index in [0.29, 0.717) is 17.2 Å². The topological polar surface area (TPSA) is 52.6 Å². The molecule has 0 saturated carbocycles. The van der Waals surface area contributed by atoms with Gasteiger partial charge in [0.2, 0.25) is 0 Å². The molecule has 0 atom stereocenters. The summed E-state index contributed by atoms with van der Waals surface area (Å²) in [6.07, 6.45) is 2.69. The third-order valence-corrected chi connectivity index (χ3v) is 3.93. The summed E-state index contributed by atoms with van der Waals surface area (Å²) in [4.78, 5) is 10.8. The van der Waals surface area contributed by atoms with Crippen molar-refractivity contribution in [3.05, 3.63) is 29.0 Å². The zero-order valence-corrected chi connectivity index (χ0v) is 15.7. The summed E-state index contributed by atoms with van der Waals surface area (Å²) in [5.74, 6) is 0.833. The van der Waals surface area contributed by atoms with E-state index < -0.39 is 0 Å². The molecule has 1 rings (SSSR count). The first-order valence-corrected chi connectivity index (χ1v) is 8.62. The van der Waals surface area contributed by atoms with Gasteiger partial charge < -0.3 is 10.6 Å². The van der Waals surface area contributed by atoms with Crippen molar-refractivity contribution in [3.63, 3.8) is 0 Å². The quantitative estimate of drug-likeness (QED) is 0.434. The van der Waals surface area contributed by atoms with Crippen molar-refractivity contribution < 1.29 is 0 Å². The van der Waals surface area contributed by atoms with E-state index in [1.165, 1.54) is 0 Å². The number of halogens is 1.